The molecule has 7 aromatic rings. The van der Waals surface area contributed by atoms with Crippen LogP contribution in [0.3, 0.4) is 0 Å². The Morgan fingerprint density at radius 2 is 1.86 bits per heavy atom. The lowest BCUT2D eigenvalue weighted by atomic mass is 10.0. The van der Waals surface area contributed by atoms with Crippen molar-refractivity contribution in [1.29, 1.82) is 0 Å². The molecule has 1 atom stereocenters. The van der Waals surface area contributed by atoms with E-state index in [-0.39, 0.29) is 17.5 Å². The smallest absolute Gasteiger partial charge is 0.331 e. The topological polar surface area (TPSA) is 110 Å². The molecule has 0 bridgehead atoms. The van der Waals surface area contributed by atoms with E-state index in [1.807, 2.05) is 48.5 Å². The largest absolute Gasteiger partial charge is 0.493 e. The van der Waals surface area contributed by atoms with Crippen LogP contribution in [0.25, 0.3) is 33.8 Å². The lowest BCUT2D eigenvalue weighted by molar-refractivity contribution is 0.255. The van der Waals surface area contributed by atoms with Crippen LogP contribution < -0.4 is 10.4 Å². The molecular weight excluding hydrogens is 537 g/mol. The van der Waals surface area contributed by atoms with Crippen molar-refractivity contribution in [2.75, 3.05) is 6.61 Å². The first-order chi connectivity index (χ1) is 20.6. The lowest BCUT2D eigenvalue weighted by Gasteiger charge is -2.26. The number of benzene rings is 3. The van der Waals surface area contributed by atoms with E-state index in [9.17, 15) is 9.18 Å². The van der Waals surface area contributed by atoms with Crippen LogP contribution in [-0.4, -0.2) is 50.0 Å². The minimum Gasteiger partial charge on any atom is -0.493 e. The van der Waals surface area contributed by atoms with E-state index >= 15 is 0 Å². The molecule has 12 heteroatoms. The van der Waals surface area contributed by atoms with Crippen LogP contribution >= 0.6 is 0 Å². The Morgan fingerprint density at radius 1 is 0.976 bits per heavy atom. The summed E-state index contributed by atoms with van der Waals surface area (Å²) in [5, 5.41) is 4.17. The molecule has 0 spiro atoms. The second-order valence-electron chi connectivity index (χ2n) is 10.1. The molecule has 0 amide bonds. The zero-order valence-electron chi connectivity index (χ0n) is 22.1. The molecule has 1 aliphatic heterocycles. The number of hydrogen-bond donors (Lipinski definition) is 0. The average Bonchev–Trinajstić information content (AvgIpc) is 3.76. The second kappa shape index (κ2) is 9.47. The minimum atomic E-state index is -0.387. The average molecular weight is 560 g/mol. The van der Waals surface area contributed by atoms with E-state index in [1.165, 1.54) is 18.5 Å². The predicted octanol–water partition coefficient (Wildman–Crippen LogP) is 4.07. The van der Waals surface area contributed by atoms with Crippen LogP contribution in [0.2, 0.25) is 0 Å². The highest BCUT2D eigenvalue weighted by atomic mass is 19.1. The summed E-state index contributed by atoms with van der Waals surface area (Å²) in [7, 11) is 0. The van der Waals surface area contributed by atoms with Gasteiger partial charge in [-0.1, -0.05) is 30.3 Å². The van der Waals surface area contributed by atoms with E-state index in [2.05, 4.69) is 20.1 Å². The van der Waals surface area contributed by atoms with Crippen LogP contribution in [0, 0.1) is 5.82 Å². The predicted molar refractivity (Wildman–Crippen MR) is 152 cm³/mol. The van der Waals surface area contributed by atoms with Gasteiger partial charge in [0.15, 0.2) is 5.65 Å². The normalized spacial score (nSPS) is 14.7. The fourth-order valence-electron chi connectivity index (χ4n) is 5.61. The first-order valence-corrected chi connectivity index (χ1v) is 13.4. The van der Waals surface area contributed by atoms with Crippen molar-refractivity contribution in [3.63, 3.8) is 0 Å². The molecule has 206 valence electrons. The molecular formula is C30H22FN9O2. The standard InChI is InChI=1S/C30H22FN9O2/c31-20-7-10-23-25(13-20)38(18-34-23)29-33-14-26-28(36-29)40(24-11-12-42-27-4-2-1-3-22(24)27)30(41)37(26)15-19-5-8-21(9-6-19)39-17-32-16-35-39/h1-10,13-14,16-18,24H,11-12,15H2/t24-/m1/s1. The van der Waals surface area contributed by atoms with Crippen molar-refractivity contribution >= 4 is 22.2 Å². The van der Waals surface area contributed by atoms with Gasteiger partial charge >= 0.3 is 5.69 Å². The highest BCUT2D eigenvalue weighted by Crippen LogP contribution is 2.35. The number of fused-ring (bicyclic) bond motifs is 3. The van der Waals surface area contributed by atoms with E-state index in [4.69, 9.17) is 9.72 Å². The molecule has 0 aliphatic carbocycles. The molecule has 0 radical (unpaired) electrons. The molecule has 42 heavy (non-hydrogen) atoms. The Kier molecular flexibility index (Phi) is 5.45. The van der Waals surface area contributed by atoms with Gasteiger partial charge in [-0.2, -0.15) is 10.1 Å². The first kappa shape index (κ1) is 24.2. The molecule has 0 saturated heterocycles. The van der Waals surface area contributed by atoms with Gasteiger partial charge in [0, 0.05) is 18.1 Å². The van der Waals surface area contributed by atoms with Crippen molar-refractivity contribution in [2.45, 2.75) is 19.0 Å². The van der Waals surface area contributed by atoms with Crippen molar-refractivity contribution in [3.8, 4) is 17.4 Å². The third-order valence-electron chi connectivity index (χ3n) is 7.62. The Morgan fingerprint density at radius 3 is 2.71 bits per heavy atom. The summed E-state index contributed by atoms with van der Waals surface area (Å²) < 4.78 is 26.7. The number of para-hydroxylation sites is 1. The van der Waals surface area contributed by atoms with E-state index in [0.29, 0.717) is 47.7 Å². The Bertz CT molecular complexity index is 2150. The highest BCUT2D eigenvalue weighted by Gasteiger charge is 2.29. The number of rotatable bonds is 5. The van der Waals surface area contributed by atoms with Gasteiger partial charge in [0.2, 0.25) is 5.95 Å². The van der Waals surface area contributed by atoms with Crippen molar-refractivity contribution < 1.29 is 9.13 Å². The SMILES string of the molecule is O=c1n(Cc2ccc(-n3cncn3)cc2)c2cnc(-n3cnc4ccc(F)cc43)nc2n1[C@@H]1CCOc2ccccc21. The molecule has 5 heterocycles. The molecule has 0 fully saturated rings. The Balaban J connectivity index is 1.29. The molecule has 0 saturated carbocycles. The van der Waals surface area contributed by atoms with Crippen molar-refractivity contribution in [1.82, 2.24) is 43.4 Å². The van der Waals surface area contributed by atoms with Gasteiger partial charge in [-0.3, -0.25) is 13.7 Å². The van der Waals surface area contributed by atoms with Gasteiger partial charge in [0.05, 0.1) is 42.1 Å². The summed E-state index contributed by atoms with van der Waals surface area (Å²) in [4.78, 5) is 32.1. The number of aromatic nitrogens is 9. The summed E-state index contributed by atoms with van der Waals surface area (Å²) in [6, 6.07) is 19.6. The van der Waals surface area contributed by atoms with Crippen molar-refractivity contribution in [2.24, 2.45) is 0 Å². The summed E-state index contributed by atoms with van der Waals surface area (Å²) in [5.74, 6) is 0.650. The summed E-state index contributed by atoms with van der Waals surface area (Å²) in [6.45, 7) is 0.778. The minimum absolute atomic E-state index is 0.208. The van der Waals surface area contributed by atoms with E-state index in [0.717, 1.165) is 22.6 Å². The zero-order valence-corrected chi connectivity index (χ0v) is 22.1. The summed E-state index contributed by atoms with van der Waals surface area (Å²) in [6.07, 6.45) is 6.92. The van der Waals surface area contributed by atoms with Gasteiger partial charge in [0.25, 0.3) is 0 Å². The number of imidazole rings is 2. The fourth-order valence-corrected chi connectivity index (χ4v) is 5.61. The Labute approximate surface area is 237 Å². The Hall–Kier alpha value is -5.65. The van der Waals surface area contributed by atoms with Crippen molar-refractivity contribution in [3.05, 3.63) is 119 Å². The molecule has 4 aromatic heterocycles. The van der Waals surface area contributed by atoms with E-state index in [1.54, 1.807) is 43.3 Å². The molecule has 11 nitrogen and oxygen atoms in total. The second-order valence-corrected chi connectivity index (χ2v) is 10.1. The van der Waals surface area contributed by atoms with Crippen LogP contribution in [0.5, 0.6) is 5.75 Å². The van der Waals surface area contributed by atoms with Gasteiger partial charge < -0.3 is 4.74 Å². The van der Waals surface area contributed by atoms with Crippen LogP contribution in [-0.2, 0) is 6.54 Å². The third kappa shape index (κ3) is 3.87. The maximum atomic E-state index is 14.2. The first-order valence-electron chi connectivity index (χ1n) is 13.4. The summed E-state index contributed by atoms with van der Waals surface area (Å²) >= 11 is 0. The van der Waals surface area contributed by atoms with Gasteiger partial charge in [-0.05, 0) is 35.9 Å². The maximum absolute atomic E-state index is 14.2. The molecule has 8 rings (SSSR count). The molecule has 3 aromatic carbocycles. The third-order valence-corrected chi connectivity index (χ3v) is 7.62. The van der Waals surface area contributed by atoms with Gasteiger partial charge in [-0.15, -0.1) is 0 Å². The quantitative estimate of drug-likeness (QED) is 0.313. The molecule has 0 N–H and O–H groups in total. The van der Waals surface area contributed by atoms with Gasteiger partial charge in [0.1, 0.15) is 36.1 Å². The summed E-state index contributed by atoms with van der Waals surface area (Å²) in [5.41, 5.74) is 4.70. The van der Waals surface area contributed by atoms with Crippen LogP contribution in [0.4, 0.5) is 4.39 Å². The zero-order chi connectivity index (χ0) is 28.2. The van der Waals surface area contributed by atoms with Gasteiger partial charge in [-0.25, -0.2) is 28.8 Å². The number of hydrogen-bond acceptors (Lipinski definition) is 7. The number of ether oxygens (including phenoxy) is 1. The molecule has 0 unspecified atom stereocenters. The maximum Gasteiger partial charge on any atom is 0.331 e. The number of halogens is 1. The number of nitrogens with zero attached hydrogens (tertiary/aromatic N) is 9. The monoisotopic (exact) mass is 559 g/mol. The van der Waals surface area contributed by atoms with Crippen LogP contribution in [0.15, 0.2) is 96.7 Å². The molecule has 1 aliphatic rings. The fraction of sp³-hybridized carbons (Fsp3) is 0.133. The van der Waals surface area contributed by atoms with Crippen LogP contribution in [0.1, 0.15) is 23.6 Å². The highest BCUT2D eigenvalue weighted by molar-refractivity contribution is 5.78. The lowest BCUT2D eigenvalue weighted by Crippen LogP contribution is -2.31. The van der Waals surface area contributed by atoms with E-state index < -0.39 is 0 Å².